The topological polar surface area (TPSA) is 50.8 Å². The van der Waals surface area contributed by atoms with Gasteiger partial charge in [0.25, 0.3) is 0 Å². The Morgan fingerprint density at radius 2 is 2.00 bits per heavy atom. The molecule has 0 unspecified atom stereocenters. The molecular formula is C19H28N2O3. The second-order valence-corrected chi connectivity index (χ2v) is 6.62. The minimum absolute atomic E-state index is 0.0560. The maximum Gasteiger partial charge on any atom is 0.317 e. The average molecular weight is 332 g/mol. The molecule has 1 N–H and O–H groups in total. The zero-order valence-electron chi connectivity index (χ0n) is 14.3. The summed E-state index contributed by atoms with van der Waals surface area (Å²) in [5.41, 5.74) is 0. The monoisotopic (exact) mass is 332 g/mol. The maximum absolute atomic E-state index is 12.2. The third-order valence-electron chi connectivity index (χ3n) is 4.93. The number of para-hydroxylation sites is 1. The lowest BCUT2D eigenvalue weighted by Gasteiger charge is -2.34. The Morgan fingerprint density at radius 1 is 1.21 bits per heavy atom. The van der Waals surface area contributed by atoms with Gasteiger partial charge in [-0.25, -0.2) is 4.79 Å². The van der Waals surface area contributed by atoms with Crippen LogP contribution in [0.25, 0.3) is 0 Å². The Balaban J connectivity index is 1.27. The van der Waals surface area contributed by atoms with E-state index in [4.69, 9.17) is 9.47 Å². The second-order valence-electron chi connectivity index (χ2n) is 6.62. The molecule has 3 rings (SSSR count). The standard InChI is InChI=1S/C19H28N2O3/c22-19(20-11-5-15-23-17-6-2-1-3-7-17)21-12-9-16(10-13-21)18-8-4-14-24-18/h1-3,6-7,16,18H,4-5,8-15H2,(H,20,22)/t18-/m0/s1. The van der Waals surface area contributed by atoms with Crippen molar-refractivity contribution in [2.24, 2.45) is 5.92 Å². The van der Waals surface area contributed by atoms with Crippen LogP contribution in [0.3, 0.4) is 0 Å². The highest BCUT2D eigenvalue weighted by molar-refractivity contribution is 5.74. The summed E-state index contributed by atoms with van der Waals surface area (Å²) in [5, 5.41) is 3.00. The second kappa shape index (κ2) is 8.92. The smallest absolute Gasteiger partial charge is 0.317 e. The van der Waals surface area contributed by atoms with Crippen LogP contribution in [0.5, 0.6) is 5.75 Å². The number of carbonyl (C=O) groups is 1. The van der Waals surface area contributed by atoms with Crippen molar-refractivity contribution in [1.82, 2.24) is 10.2 Å². The van der Waals surface area contributed by atoms with Gasteiger partial charge < -0.3 is 19.7 Å². The molecule has 1 aromatic carbocycles. The van der Waals surface area contributed by atoms with Crippen LogP contribution in [0.15, 0.2) is 30.3 Å². The molecule has 2 aliphatic heterocycles. The fourth-order valence-corrected chi connectivity index (χ4v) is 3.53. The summed E-state index contributed by atoms with van der Waals surface area (Å²) in [4.78, 5) is 14.1. The molecule has 1 aromatic rings. The van der Waals surface area contributed by atoms with Crippen molar-refractivity contribution in [3.63, 3.8) is 0 Å². The fraction of sp³-hybridized carbons (Fsp3) is 0.632. The number of hydrogen-bond donors (Lipinski definition) is 1. The summed E-state index contributed by atoms with van der Waals surface area (Å²) < 4.78 is 11.4. The van der Waals surface area contributed by atoms with Crippen LogP contribution in [0.2, 0.25) is 0 Å². The van der Waals surface area contributed by atoms with Crippen LogP contribution >= 0.6 is 0 Å². The van der Waals surface area contributed by atoms with E-state index in [2.05, 4.69) is 5.32 Å². The number of carbonyl (C=O) groups excluding carboxylic acids is 1. The fourth-order valence-electron chi connectivity index (χ4n) is 3.53. The molecule has 2 saturated heterocycles. The van der Waals surface area contributed by atoms with Gasteiger partial charge in [-0.05, 0) is 50.2 Å². The molecular weight excluding hydrogens is 304 g/mol. The highest BCUT2D eigenvalue weighted by Crippen LogP contribution is 2.28. The lowest BCUT2D eigenvalue weighted by atomic mass is 9.90. The van der Waals surface area contributed by atoms with Crippen molar-refractivity contribution in [1.29, 1.82) is 0 Å². The van der Waals surface area contributed by atoms with E-state index in [1.807, 2.05) is 35.2 Å². The first-order chi connectivity index (χ1) is 11.8. The number of nitrogens with one attached hydrogen (secondary N) is 1. The van der Waals surface area contributed by atoms with E-state index in [0.717, 1.165) is 44.7 Å². The molecule has 132 valence electrons. The number of amides is 2. The molecule has 2 heterocycles. The van der Waals surface area contributed by atoms with Crippen LogP contribution in [-0.4, -0.2) is 49.9 Å². The number of likely N-dealkylation sites (tertiary alicyclic amines) is 1. The van der Waals surface area contributed by atoms with Crippen molar-refractivity contribution in [2.45, 2.75) is 38.2 Å². The number of piperidine rings is 1. The zero-order chi connectivity index (χ0) is 16.6. The van der Waals surface area contributed by atoms with Gasteiger partial charge in [-0.2, -0.15) is 0 Å². The number of urea groups is 1. The first-order valence-corrected chi connectivity index (χ1v) is 9.15. The van der Waals surface area contributed by atoms with Crippen LogP contribution in [0.1, 0.15) is 32.1 Å². The van der Waals surface area contributed by atoms with E-state index in [9.17, 15) is 4.79 Å². The average Bonchev–Trinajstić information content (AvgIpc) is 3.17. The van der Waals surface area contributed by atoms with Gasteiger partial charge in [0.15, 0.2) is 0 Å². The number of benzene rings is 1. The van der Waals surface area contributed by atoms with Crippen molar-refractivity contribution < 1.29 is 14.3 Å². The first kappa shape index (κ1) is 17.1. The first-order valence-electron chi connectivity index (χ1n) is 9.15. The molecule has 0 saturated carbocycles. The summed E-state index contributed by atoms with van der Waals surface area (Å²) in [5.74, 6) is 1.51. The number of nitrogens with zero attached hydrogens (tertiary/aromatic N) is 1. The Kier molecular flexibility index (Phi) is 6.35. The van der Waals surface area contributed by atoms with Gasteiger partial charge >= 0.3 is 6.03 Å². The van der Waals surface area contributed by atoms with Gasteiger partial charge in [0.1, 0.15) is 5.75 Å². The van der Waals surface area contributed by atoms with Gasteiger partial charge in [-0.15, -0.1) is 0 Å². The Hall–Kier alpha value is -1.75. The third kappa shape index (κ3) is 4.87. The van der Waals surface area contributed by atoms with Gasteiger partial charge in [0.2, 0.25) is 0 Å². The van der Waals surface area contributed by atoms with E-state index >= 15 is 0 Å². The van der Waals surface area contributed by atoms with Gasteiger partial charge in [-0.1, -0.05) is 18.2 Å². The molecule has 2 aliphatic rings. The lowest BCUT2D eigenvalue weighted by Crippen LogP contribution is -2.46. The SMILES string of the molecule is O=C(NCCCOc1ccccc1)N1CCC([C@@H]2CCCO2)CC1. The summed E-state index contributed by atoms with van der Waals surface area (Å²) in [6.07, 6.45) is 5.76. The minimum Gasteiger partial charge on any atom is -0.494 e. The van der Waals surface area contributed by atoms with Crippen LogP contribution < -0.4 is 10.1 Å². The highest BCUT2D eigenvalue weighted by Gasteiger charge is 2.30. The largest absolute Gasteiger partial charge is 0.494 e. The molecule has 0 spiro atoms. The number of hydrogen-bond acceptors (Lipinski definition) is 3. The van der Waals surface area contributed by atoms with Crippen molar-refractivity contribution in [3.8, 4) is 5.75 Å². The Morgan fingerprint density at radius 3 is 2.71 bits per heavy atom. The van der Waals surface area contributed by atoms with Gasteiger partial charge in [0, 0.05) is 26.2 Å². The third-order valence-corrected chi connectivity index (χ3v) is 4.93. The molecule has 2 amide bonds. The highest BCUT2D eigenvalue weighted by atomic mass is 16.5. The quantitative estimate of drug-likeness (QED) is 0.815. The Labute approximate surface area is 144 Å². The summed E-state index contributed by atoms with van der Waals surface area (Å²) >= 11 is 0. The summed E-state index contributed by atoms with van der Waals surface area (Å²) in [6, 6.07) is 9.82. The van der Waals surface area contributed by atoms with E-state index < -0.39 is 0 Å². The van der Waals surface area contributed by atoms with Crippen LogP contribution in [0.4, 0.5) is 4.79 Å². The normalized spacial score (nSPS) is 21.7. The molecule has 2 fully saturated rings. The molecule has 1 atom stereocenters. The predicted molar refractivity (Wildman–Crippen MR) is 93.2 cm³/mol. The summed E-state index contributed by atoms with van der Waals surface area (Å²) in [7, 11) is 0. The molecule has 5 nitrogen and oxygen atoms in total. The Bertz CT molecular complexity index is 495. The lowest BCUT2D eigenvalue weighted by molar-refractivity contribution is 0.0372. The zero-order valence-corrected chi connectivity index (χ0v) is 14.3. The maximum atomic E-state index is 12.2. The molecule has 24 heavy (non-hydrogen) atoms. The molecule has 0 aromatic heterocycles. The van der Waals surface area contributed by atoms with Gasteiger partial charge in [0.05, 0.1) is 12.7 Å². The number of rotatable bonds is 6. The molecule has 0 radical (unpaired) electrons. The van der Waals surface area contributed by atoms with E-state index in [-0.39, 0.29) is 6.03 Å². The van der Waals surface area contributed by atoms with Crippen molar-refractivity contribution in [2.75, 3.05) is 32.8 Å². The summed E-state index contributed by atoms with van der Waals surface area (Å²) in [6.45, 7) is 3.87. The molecule has 0 aliphatic carbocycles. The van der Waals surface area contributed by atoms with E-state index in [1.165, 1.54) is 12.8 Å². The van der Waals surface area contributed by atoms with Crippen LogP contribution in [-0.2, 0) is 4.74 Å². The minimum atomic E-state index is 0.0560. The molecule has 0 bridgehead atoms. The van der Waals surface area contributed by atoms with Crippen molar-refractivity contribution >= 4 is 6.03 Å². The number of ether oxygens (including phenoxy) is 2. The van der Waals surface area contributed by atoms with E-state index in [0.29, 0.717) is 25.2 Å². The van der Waals surface area contributed by atoms with Crippen LogP contribution in [0, 0.1) is 5.92 Å². The molecule has 5 heteroatoms. The van der Waals surface area contributed by atoms with E-state index in [1.54, 1.807) is 0 Å². The van der Waals surface area contributed by atoms with Crippen molar-refractivity contribution in [3.05, 3.63) is 30.3 Å². The van der Waals surface area contributed by atoms with Gasteiger partial charge in [-0.3, -0.25) is 0 Å². The predicted octanol–water partition coefficient (Wildman–Crippen LogP) is 3.06.